The maximum atomic E-state index is 12.2. The van der Waals surface area contributed by atoms with Crippen LogP contribution in [0, 0.1) is 18.3 Å². The van der Waals surface area contributed by atoms with E-state index in [1.165, 1.54) is 19.1 Å². The van der Waals surface area contributed by atoms with Crippen molar-refractivity contribution in [2.75, 3.05) is 5.32 Å². The van der Waals surface area contributed by atoms with Gasteiger partial charge < -0.3 is 5.11 Å². The zero-order valence-corrected chi connectivity index (χ0v) is 11.5. The number of nitrogens with zero attached hydrogens (tertiary/aromatic N) is 3. The molecule has 0 bridgehead atoms. The van der Waals surface area contributed by atoms with Gasteiger partial charge in [-0.05, 0) is 31.2 Å². The number of aromatic nitrogens is 2. The first-order valence-electron chi connectivity index (χ1n) is 5.74. The van der Waals surface area contributed by atoms with Gasteiger partial charge in [0.25, 0.3) is 5.56 Å². The van der Waals surface area contributed by atoms with Crippen molar-refractivity contribution in [3.05, 3.63) is 50.8 Å². The molecule has 1 amide bonds. The van der Waals surface area contributed by atoms with Crippen LogP contribution in [0.15, 0.2) is 29.1 Å². The van der Waals surface area contributed by atoms with Crippen LogP contribution in [-0.4, -0.2) is 21.0 Å². The zero-order valence-electron chi connectivity index (χ0n) is 10.8. The Morgan fingerprint density at radius 2 is 2.05 bits per heavy atom. The highest BCUT2D eigenvalue weighted by atomic mass is 35.5. The van der Waals surface area contributed by atoms with Crippen LogP contribution in [0.2, 0.25) is 5.02 Å². The number of nitriles is 1. The fourth-order valence-electron chi connectivity index (χ4n) is 1.71. The third-order valence-corrected chi connectivity index (χ3v) is 3.00. The van der Waals surface area contributed by atoms with Crippen LogP contribution in [0.3, 0.4) is 0 Å². The van der Waals surface area contributed by atoms with Crippen LogP contribution in [-0.2, 0) is 0 Å². The topological polar surface area (TPSA) is 108 Å². The summed E-state index contributed by atoms with van der Waals surface area (Å²) in [5, 5.41) is 24.3. The molecule has 0 saturated heterocycles. The molecule has 1 aromatic carbocycles. The number of benzene rings is 1. The van der Waals surface area contributed by atoms with Gasteiger partial charge in [0.15, 0.2) is 5.82 Å². The van der Waals surface area contributed by atoms with Gasteiger partial charge in [-0.3, -0.25) is 10.1 Å². The fraction of sp³-hybridized carbons (Fsp3) is 0.0769. The van der Waals surface area contributed by atoms with Gasteiger partial charge in [0.2, 0.25) is 0 Å². The average Bonchev–Trinajstić information content (AvgIpc) is 2.43. The molecule has 0 atom stereocenters. The molecule has 21 heavy (non-hydrogen) atoms. The van der Waals surface area contributed by atoms with Gasteiger partial charge in [0, 0.05) is 10.6 Å². The van der Waals surface area contributed by atoms with E-state index < -0.39 is 11.7 Å². The van der Waals surface area contributed by atoms with Crippen LogP contribution in [0.25, 0.3) is 5.69 Å². The Labute approximate surface area is 124 Å². The Bertz CT molecular complexity index is 806. The standard InChI is InChI=1S/C13H9ClN4O3/c1-7-10(6-15)12(19)18(17-11(7)16-13(20)21)9-4-2-8(14)3-5-9/h2-5H,1H3,(H,16,17)(H,20,21). The Hall–Kier alpha value is -2.85. The van der Waals surface area contributed by atoms with Crippen LogP contribution in [0.4, 0.5) is 10.6 Å². The highest BCUT2D eigenvalue weighted by Gasteiger charge is 2.16. The predicted octanol–water partition coefficient (Wildman–Crippen LogP) is 2.16. The minimum absolute atomic E-state index is 0.0754. The molecule has 0 unspecified atom stereocenters. The summed E-state index contributed by atoms with van der Waals surface area (Å²) in [6.07, 6.45) is -1.34. The van der Waals surface area contributed by atoms with Crippen molar-refractivity contribution < 1.29 is 9.90 Å². The van der Waals surface area contributed by atoms with Crippen LogP contribution in [0.5, 0.6) is 0 Å². The molecule has 1 heterocycles. The number of carboxylic acid groups (broad SMARTS) is 1. The Balaban J connectivity index is 2.71. The van der Waals surface area contributed by atoms with Crippen LogP contribution in [0.1, 0.15) is 11.1 Å². The summed E-state index contributed by atoms with van der Waals surface area (Å²) >= 11 is 5.77. The molecule has 0 aliphatic heterocycles. The van der Waals surface area contributed by atoms with Crippen molar-refractivity contribution in [1.29, 1.82) is 5.26 Å². The van der Waals surface area contributed by atoms with E-state index in [-0.39, 0.29) is 16.9 Å². The van der Waals surface area contributed by atoms with Gasteiger partial charge >= 0.3 is 6.09 Å². The maximum Gasteiger partial charge on any atom is 0.410 e. The number of hydrogen-bond acceptors (Lipinski definition) is 4. The van der Waals surface area contributed by atoms with Crippen molar-refractivity contribution in [1.82, 2.24) is 9.78 Å². The van der Waals surface area contributed by atoms with Gasteiger partial charge in [0.05, 0.1) is 5.69 Å². The van der Waals surface area contributed by atoms with E-state index in [1.807, 2.05) is 0 Å². The van der Waals surface area contributed by atoms with Gasteiger partial charge in [-0.25, -0.2) is 4.79 Å². The molecule has 8 heteroatoms. The molecule has 2 aromatic rings. The molecule has 0 fully saturated rings. The minimum atomic E-state index is -1.34. The van der Waals surface area contributed by atoms with Gasteiger partial charge in [-0.1, -0.05) is 11.6 Å². The number of hydrogen-bond donors (Lipinski definition) is 2. The van der Waals surface area contributed by atoms with Crippen LogP contribution >= 0.6 is 11.6 Å². The quantitative estimate of drug-likeness (QED) is 0.883. The summed E-state index contributed by atoms with van der Waals surface area (Å²) < 4.78 is 0.952. The van der Waals surface area contributed by atoms with Crippen LogP contribution < -0.4 is 10.9 Å². The molecule has 0 radical (unpaired) electrons. The highest BCUT2D eigenvalue weighted by molar-refractivity contribution is 6.30. The SMILES string of the molecule is Cc1c(NC(=O)O)nn(-c2ccc(Cl)cc2)c(=O)c1C#N. The van der Waals surface area contributed by atoms with Gasteiger partial charge in [0.1, 0.15) is 11.6 Å². The summed E-state index contributed by atoms with van der Waals surface area (Å²) in [6, 6.07) is 7.96. The summed E-state index contributed by atoms with van der Waals surface area (Å²) in [6.45, 7) is 1.45. The molecule has 2 N–H and O–H groups in total. The molecule has 0 spiro atoms. The summed E-state index contributed by atoms with van der Waals surface area (Å²) in [5.41, 5.74) is -0.263. The average molecular weight is 305 g/mol. The van der Waals surface area contributed by atoms with E-state index in [4.69, 9.17) is 22.0 Å². The number of nitrogens with one attached hydrogen (secondary N) is 1. The molecule has 1 aromatic heterocycles. The fourth-order valence-corrected chi connectivity index (χ4v) is 1.84. The first-order chi connectivity index (χ1) is 9.93. The van der Waals surface area contributed by atoms with E-state index in [0.717, 1.165) is 4.68 Å². The zero-order chi connectivity index (χ0) is 15.6. The van der Waals surface area contributed by atoms with Crippen molar-refractivity contribution >= 4 is 23.5 Å². The normalized spacial score (nSPS) is 9.95. The van der Waals surface area contributed by atoms with Crippen molar-refractivity contribution in [2.45, 2.75) is 6.92 Å². The first kappa shape index (κ1) is 14.6. The second-order valence-electron chi connectivity index (χ2n) is 4.08. The molecule has 106 valence electrons. The largest absolute Gasteiger partial charge is 0.465 e. The first-order valence-corrected chi connectivity index (χ1v) is 6.11. The third kappa shape index (κ3) is 2.85. The second-order valence-corrected chi connectivity index (χ2v) is 4.52. The smallest absolute Gasteiger partial charge is 0.410 e. The molecule has 2 rings (SSSR count). The summed E-state index contributed by atoms with van der Waals surface area (Å²) in [4.78, 5) is 23.0. The van der Waals surface area contributed by atoms with Crippen molar-refractivity contribution in [3.63, 3.8) is 0 Å². The Morgan fingerprint density at radius 3 is 2.57 bits per heavy atom. The number of anilines is 1. The Kier molecular flexibility index (Phi) is 3.91. The summed E-state index contributed by atoms with van der Waals surface area (Å²) in [5.74, 6) is -0.0754. The monoisotopic (exact) mass is 304 g/mol. The molecular weight excluding hydrogens is 296 g/mol. The lowest BCUT2D eigenvalue weighted by atomic mass is 10.2. The van der Waals surface area contributed by atoms with Crippen molar-refractivity contribution in [3.8, 4) is 11.8 Å². The van der Waals surface area contributed by atoms with E-state index in [2.05, 4.69) is 10.4 Å². The molecule has 0 aliphatic rings. The number of halogens is 1. The van der Waals surface area contributed by atoms with Gasteiger partial charge in [-0.15, -0.1) is 5.10 Å². The minimum Gasteiger partial charge on any atom is -0.465 e. The lowest BCUT2D eigenvalue weighted by Gasteiger charge is -2.11. The van der Waals surface area contributed by atoms with E-state index in [9.17, 15) is 9.59 Å². The maximum absolute atomic E-state index is 12.2. The van der Waals surface area contributed by atoms with E-state index >= 15 is 0 Å². The number of amides is 1. The van der Waals surface area contributed by atoms with Gasteiger partial charge in [-0.2, -0.15) is 9.94 Å². The Morgan fingerprint density at radius 1 is 1.43 bits per heavy atom. The second kappa shape index (κ2) is 5.64. The highest BCUT2D eigenvalue weighted by Crippen LogP contribution is 2.16. The number of rotatable bonds is 2. The molecule has 7 nitrogen and oxygen atoms in total. The molecular formula is C13H9ClN4O3. The van der Waals surface area contributed by atoms with E-state index in [1.54, 1.807) is 18.2 Å². The lowest BCUT2D eigenvalue weighted by Crippen LogP contribution is -2.27. The predicted molar refractivity (Wildman–Crippen MR) is 75.9 cm³/mol. The molecule has 0 saturated carbocycles. The lowest BCUT2D eigenvalue weighted by molar-refractivity contribution is 0.209. The third-order valence-electron chi connectivity index (χ3n) is 2.74. The molecule has 0 aliphatic carbocycles. The summed E-state index contributed by atoms with van der Waals surface area (Å²) in [7, 11) is 0. The van der Waals surface area contributed by atoms with E-state index in [0.29, 0.717) is 10.7 Å². The van der Waals surface area contributed by atoms with Crippen molar-refractivity contribution in [2.24, 2.45) is 0 Å². The number of carbonyl (C=O) groups is 1.